The monoisotopic (exact) mass is 426 g/mol. The molecule has 0 saturated carbocycles. The Bertz CT molecular complexity index is 1100. The number of nitrogens with one attached hydrogen (secondary N) is 1. The fourth-order valence-electron chi connectivity index (χ4n) is 4.52. The SMILES string of the molecule is CC1=C2CC(CCCNC2=O)Cc2c1cc(C#N)cc2-c1ccc(OC(F)(F)F)cc1. The molecule has 2 aromatic rings. The number of benzene rings is 2. The highest BCUT2D eigenvalue weighted by Crippen LogP contribution is 2.41. The number of ether oxygens (including phenoxy) is 1. The Kier molecular flexibility index (Phi) is 5.48. The Morgan fingerprint density at radius 2 is 1.84 bits per heavy atom. The van der Waals surface area contributed by atoms with E-state index in [1.54, 1.807) is 18.2 Å². The lowest BCUT2D eigenvalue weighted by Gasteiger charge is -2.21. The fourth-order valence-corrected chi connectivity index (χ4v) is 4.52. The second-order valence-corrected chi connectivity index (χ2v) is 8.01. The predicted octanol–water partition coefficient (Wildman–Crippen LogP) is 5.37. The summed E-state index contributed by atoms with van der Waals surface area (Å²) in [4.78, 5) is 12.7. The number of allylic oxidation sites excluding steroid dienone is 1. The zero-order valence-electron chi connectivity index (χ0n) is 17.0. The molecule has 1 fully saturated rings. The third kappa shape index (κ3) is 4.43. The fraction of sp³-hybridized carbons (Fsp3) is 0.333. The number of alkyl halides is 3. The van der Waals surface area contributed by atoms with Crippen LogP contribution in [0.5, 0.6) is 5.75 Å². The van der Waals surface area contributed by atoms with E-state index in [1.807, 2.05) is 13.0 Å². The van der Waals surface area contributed by atoms with Crippen LogP contribution in [0.25, 0.3) is 16.7 Å². The Labute approximate surface area is 178 Å². The molecule has 31 heavy (non-hydrogen) atoms. The van der Waals surface area contributed by atoms with E-state index < -0.39 is 6.36 Å². The molecule has 4 nitrogen and oxygen atoms in total. The molecule has 2 aromatic carbocycles. The Balaban J connectivity index is 1.85. The van der Waals surface area contributed by atoms with E-state index in [2.05, 4.69) is 16.1 Å². The first kappa shape index (κ1) is 21.0. The number of rotatable bonds is 2. The molecule has 1 amide bonds. The van der Waals surface area contributed by atoms with Crippen LogP contribution in [-0.4, -0.2) is 18.8 Å². The van der Waals surface area contributed by atoms with Crippen molar-refractivity contribution in [2.45, 2.75) is 39.0 Å². The topological polar surface area (TPSA) is 62.1 Å². The maximum Gasteiger partial charge on any atom is 0.573 e. The van der Waals surface area contributed by atoms with Crippen LogP contribution in [0.3, 0.4) is 0 Å². The van der Waals surface area contributed by atoms with E-state index in [4.69, 9.17) is 0 Å². The molecule has 0 spiro atoms. The van der Waals surface area contributed by atoms with Gasteiger partial charge in [0.2, 0.25) is 5.91 Å². The van der Waals surface area contributed by atoms with Crippen molar-refractivity contribution in [3.63, 3.8) is 0 Å². The average molecular weight is 426 g/mol. The van der Waals surface area contributed by atoms with Gasteiger partial charge in [0, 0.05) is 12.1 Å². The van der Waals surface area contributed by atoms with E-state index in [-0.39, 0.29) is 17.6 Å². The highest BCUT2D eigenvalue weighted by molar-refractivity contribution is 6.02. The number of hydrogen-bond donors (Lipinski definition) is 1. The van der Waals surface area contributed by atoms with Crippen molar-refractivity contribution in [3.05, 3.63) is 58.7 Å². The van der Waals surface area contributed by atoms with Gasteiger partial charge >= 0.3 is 6.36 Å². The van der Waals surface area contributed by atoms with Crippen LogP contribution >= 0.6 is 0 Å². The molecule has 2 bridgehead atoms. The van der Waals surface area contributed by atoms with Gasteiger partial charge in [0.1, 0.15) is 5.75 Å². The van der Waals surface area contributed by atoms with E-state index in [0.717, 1.165) is 47.1 Å². The summed E-state index contributed by atoms with van der Waals surface area (Å²) in [6, 6.07) is 11.4. The quantitative estimate of drug-likeness (QED) is 0.702. The molecule has 7 heteroatoms. The molecular weight excluding hydrogens is 405 g/mol. The van der Waals surface area contributed by atoms with Crippen LogP contribution in [0.4, 0.5) is 13.2 Å². The third-order valence-corrected chi connectivity index (χ3v) is 5.97. The first-order chi connectivity index (χ1) is 14.7. The van der Waals surface area contributed by atoms with E-state index >= 15 is 0 Å². The van der Waals surface area contributed by atoms with E-state index in [1.165, 1.54) is 12.1 Å². The third-order valence-electron chi connectivity index (χ3n) is 5.97. The minimum absolute atomic E-state index is 0.0624. The summed E-state index contributed by atoms with van der Waals surface area (Å²) in [5.74, 6) is -0.0676. The average Bonchev–Trinajstić information content (AvgIpc) is 2.86. The molecule has 1 atom stereocenters. The summed E-state index contributed by atoms with van der Waals surface area (Å²) < 4.78 is 41.5. The summed E-state index contributed by atoms with van der Waals surface area (Å²) >= 11 is 0. The highest BCUT2D eigenvalue weighted by atomic mass is 19.4. The molecule has 0 radical (unpaired) electrons. The van der Waals surface area contributed by atoms with Crippen molar-refractivity contribution in [1.82, 2.24) is 5.32 Å². The normalized spacial score (nSPS) is 18.8. The summed E-state index contributed by atoms with van der Waals surface area (Å²) in [7, 11) is 0. The Hall–Kier alpha value is -3.27. The Morgan fingerprint density at radius 3 is 2.52 bits per heavy atom. The molecule has 1 unspecified atom stereocenters. The maximum atomic E-state index is 12.7. The molecule has 1 N–H and O–H groups in total. The van der Waals surface area contributed by atoms with Gasteiger partial charge in [-0.25, -0.2) is 0 Å². The van der Waals surface area contributed by atoms with Gasteiger partial charge in [-0.2, -0.15) is 5.26 Å². The second kappa shape index (κ2) is 8.10. The number of carbonyl (C=O) groups excluding carboxylic acids is 1. The van der Waals surface area contributed by atoms with Crippen LogP contribution in [0.15, 0.2) is 42.0 Å². The van der Waals surface area contributed by atoms with Crippen LogP contribution in [0.2, 0.25) is 0 Å². The Morgan fingerprint density at radius 1 is 1.13 bits per heavy atom. The first-order valence-electron chi connectivity index (χ1n) is 10.2. The molecule has 4 rings (SSSR count). The molecule has 0 aromatic heterocycles. The van der Waals surface area contributed by atoms with Crippen LogP contribution in [-0.2, 0) is 11.2 Å². The van der Waals surface area contributed by atoms with Crippen molar-refractivity contribution < 1.29 is 22.7 Å². The van der Waals surface area contributed by atoms with E-state index in [0.29, 0.717) is 24.1 Å². The zero-order chi connectivity index (χ0) is 22.2. The standard InChI is InChI=1S/C24H21F3N2O2/c1-14-19-11-16(13-28)12-21(17-4-6-18(7-5-17)31-24(25,26)27)22(19)10-15-3-2-8-29-23(30)20(14)9-15/h4-7,11-12,15H,2-3,8-10H2,1H3,(H,29,30). The summed E-state index contributed by atoms with van der Waals surface area (Å²) in [6.07, 6.45) is -1.48. The van der Waals surface area contributed by atoms with Gasteiger partial charge in [-0.05, 0) is 90.6 Å². The van der Waals surface area contributed by atoms with Crippen molar-refractivity contribution in [2.24, 2.45) is 5.92 Å². The number of carbonyl (C=O) groups is 1. The molecule has 1 heterocycles. The van der Waals surface area contributed by atoms with Gasteiger partial charge in [-0.1, -0.05) is 12.1 Å². The molecule has 1 aliphatic carbocycles. The summed E-state index contributed by atoms with van der Waals surface area (Å²) in [6.45, 7) is 2.54. The van der Waals surface area contributed by atoms with Crippen molar-refractivity contribution >= 4 is 11.5 Å². The van der Waals surface area contributed by atoms with Crippen molar-refractivity contribution in [3.8, 4) is 22.9 Å². The lowest BCUT2D eigenvalue weighted by molar-refractivity contribution is -0.274. The molecular formula is C24H21F3N2O2. The predicted molar refractivity (Wildman–Crippen MR) is 110 cm³/mol. The number of halogens is 3. The van der Waals surface area contributed by atoms with Crippen molar-refractivity contribution in [1.29, 1.82) is 5.26 Å². The molecule has 160 valence electrons. The molecule has 2 aliphatic rings. The van der Waals surface area contributed by atoms with Gasteiger partial charge in [-0.3, -0.25) is 4.79 Å². The summed E-state index contributed by atoms with van der Waals surface area (Å²) in [5.41, 5.74) is 5.44. The minimum Gasteiger partial charge on any atom is -0.406 e. The van der Waals surface area contributed by atoms with Gasteiger partial charge in [0.25, 0.3) is 0 Å². The van der Waals surface area contributed by atoms with Gasteiger partial charge in [0.15, 0.2) is 0 Å². The summed E-state index contributed by atoms with van der Waals surface area (Å²) in [5, 5.41) is 12.5. The van der Waals surface area contributed by atoms with Crippen LogP contribution in [0, 0.1) is 17.2 Å². The maximum absolute atomic E-state index is 12.7. The first-order valence-corrected chi connectivity index (χ1v) is 10.2. The molecule has 1 aliphatic heterocycles. The number of hydrogen-bond acceptors (Lipinski definition) is 3. The van der Waals surface area contributed by atoms with Gasteiger partial charge in [-0.15, -0.1) is 13.2 Å². The van der Waals surface area contributed by atoms with Gasteiger partial charge in [0.05, 0.1) is 11.6 Å². The lowest BCUT2D eigenvalue weighted by atomic mass is 9.85. The number of fused-ring (bicyclic) bond motifs is 3. The van der Waals surface area contributed by atoms with Crippen molar-refractivity contribution in [2.75, 3.05) is 6.54 Å². The smallest absolute Gasteiger partial charge is 0.406 e. The minimum atomic E-state index is -4.75. The zero-order valence-corrected chi connectivity index (χ0v) is 17.0. The number of nitrogens with zero attached hydrogens (tertiary/aromatic N) is 1. The lowest BCUT2D eigenvalue weighted by Crippen LogP contribution is -2.30. The highest BCUT2D eigenvalue weighted by Gasteiger charge is 2.31. The van der Waals surface area contributed by atoms with Crippen LogP contribution < -0.4 is 10.1 Å². The largest absolute Gasteiger partial charge is 0.573 e. The van der Waals surface area contributed by atoms with Crippen LogP contribution in [0.1, 0.15) is 42.9 Å². The number of nitriles is 1. The van der Waals surface area contributed by atoms with E-state index in [9.17, 15) is 23.2 Å². The molecule has 1 saturated heterocycles. The van der Waals surface area contributed by atoms with Gasteiger partial charge < -0.3 is 10.1 Å². The second-order valence-electron chi connectivity index (χ2n) is 8.01. The number of amides is 1.